The highest BCUT2D eigenvalue weighted by molar-refractivity contribution is 6.00. The number of rotatable bonds is 4. The molecule has 0 saturated carbocycles. The van der Waals surface area contributed by atoms with Crippen LogP contribution < -0.4 is 10.6 Å². The van der Waals surface area contributed by atoms with E-state index in [0.29, 0.717) is 28.0 Å². The van der Waals surface area contributed by atoms with Gasteiger partial charge in [-0.25, -0.2) is 9.37 Å². The number of para-hydroxylation sites is 1. The molecule has 2 aliphatic rings. The molecule has 7 nitrogen and oxygen atoms in total. The third-order valence-electron chi connectivity index (χ3n) is 6.79. The summed E-state index contributed by atoms with van der Waals surface area (Å²) in [4.78, 5) is 32.0. The Morgan fingerprint density at radius 3 is 2.56 bits per heavy atom. The van der Waals surface area contributed by atoms with Gasteiger partial charge in [0, 0.05) is 23.6 Å². The van der Waals surface area contributed by atoms with E-state index < -0.39 is 11.4 Å². The first-order chi connectivity index (χ1) is 17.3. The second-order valence-electron chi connectivity index (χ2n) is 9.05. The Bertz CT molecular complexity index is 1580. The summed E-state index contributed by atoms with van der Waals surface area (Å²) in [5, 5.41) is 16.9. The average Bonchev–Trinajstić information content (AvgIpc) is 3.33. The quantitative estimate of drug-likeness (QED) is 0.413. The van der Waals surface area contributed by atoms with Gasteiger partial charge < -0.3 is 20.6 Å². The summed E-state index contributed by atoms with van der Waals surface area (Å²) in [6.45, 7) is 4.16. The Balaban J connectivity index is 1.38. The monoisotopic (exact) mass is 480 g/mol. The van der Waals surface area contributed by atoms with Crippen molar-refractivity contribution in [3.8, 4) is 17.0 Å². The minimum Gasteiger partial charge on any atom is -0.493 e. The first kappa shape index (κ1) is 21.8. The van der Waals surface area contributed by atoms with E-state index in [1.807, 2.05) is 48.5 Å². The molecule has 6 rings (SSSR count). The number of nitrogens with one attached hydrogen (secondary N) is 2. The second kappa shape index (κ2) is 7.91. The van der Waals surface area contributed by atoms with Crippen LogP contribution in [0.4, 0.5) is 4.39 Å². The molecule has 1 atom stereocenters. The molecule has 8 heteroatoms. The predicted molar refractivity (Wildman–Crippen MR) is 132 cm³/mol. The number of hydrogen-bond donors (Lipinski definition) is 3. The number of amides is 2. The fourth-order valence-electron chi connectivity index (χ4n) is 5.08. The van der Waals surface area contributed by atoms with E-state index in [1.165, 1.54) is 17.0 Å². The number of carbonyl (C=O) groups is 2. The zero-order chi connectivity index (χ0) is 25.0. The van der Waals surface area contributed by atoms with E-state index in [1.54, 1.807) is 12.1 Å². The fraction of sp³-hybridized carbons (Fsp3) is 0.107. The van der Waals surface area contributed by atoms with Crippen molar-refractivity contribution >= 4 is 22.7 Å². The predicted octanol–water partition coefficient (Wildman–Crippen LogP) is 3.79. The van der Waals surface area contributed by atoms with Crippen molar-refractivity contribution in [2.45, 2.75) is 12.1 Å². The molecular formula is C28H21FN4O3. The van der Waals surface area contributed by atoms with Crippen LogP contribution in [-0.2, 0) is 16.9 Å². The number of hydrogen-bond acceptors (Lipinski definition) is 5. The molecule has 1 fully saturated rings. The second-order valence-corrected chi connectivity index (χ2v) is 9.05. The molecule has 2 amide bonds. The molecule has 3 N–H and O–H groups in total. The van der Waals surface area contributed by atoms with Crippen molar-refractivity contribution in [3.05, 3.63) is 108 Å². The Kier molecular flexibility index (Phi) is 4.79. The number of aromatic nitrogens is 1. The lowest BCUT2D eigenvalue weighted by Crippen LogP contribution is -2.52. The molecule has 178 valence electrons. The minimum absolute atomic E-state index is 0.0330. The summed E-state index contributed by atoms with van der Waals surface area (Å²) in [6, 6.07) is 20.7. The lowest BCUT2D eigenvalue weighted by Gasteiger charge is -2.32. The van der Waals surface area contributed by atoms with Crippen molar-refractivity contribution in [2.24, 2.45) is 0 Å². The van der Waals surface area contributed by atoms with Crippen LogP contribution in [0.5, 0.6) is 5.88 Å². The molecule has 1 saturated heterocycles. The maximum atomic E-state index is 13.7. The van der Waals surface area contributed by atoms with Crippen LogP contribution in [0, 0.1) is 5.82 Å². The number of halogens is 1. The number of pyridine rings is 1. The van der Waals surface area contributed by atoms with Crippen molar-refractivity contribution in [2.75, 3.05) is 6.54 Å². The van der Waals surface area contributed by atoms with Crippen LogP contribution in [0.1, 0.15) is 21.5 Å². The minimum atomic E-state index is -1.27. The summed E-state index contributed by atoms with van der Waals surface area (Å²) >= 11 is 0. The zero-order valence-electron chi connectivity index (χ0n) is 19.1. The van der Waals surface area contributed by atoms with Crippen molar-refractivity contribution < 1.29 is 19.1 Å². The van der Waals surface area contributed by atoms with Gasteiger partial charge in [0.2, 0.25) is 5.88 Å². The topological polar surface area (TPSA) is 94.6 Å². The van der Waals surface area contributed by atoms with E-state index in [4.69, 9.17) is 0 Å². The third-order valence-corrected chi connectivity index (χ3v) is 6.79. The SMILES string of the molecule is C=C1NC(=O)[C@](CN2Cc3ccc(F)cc3C2=O)(c2ccc(-c3cc(O)nc4ccccc34)cc2)N1. The van der Waals surface area contributed by atoms with E-state index in [-0.39, 0.29) is 30.8 Å². The first-order valence-corrected chi connectivity index (χ1v) is 11.4. The zero-order valence-corrected chi connectivity index (χ0v) is 19.1. The van der Waals surface area contributed by atoms with Gasteiger partial charge in [-0.1, -0.05) is 55.1 Å². The largest absolute Gasteiger partial charge is 0.493 e. The number of fused-ring (bicyclic) bond motifs is 2. The van der Waals surface area contributed by atoms with Gasteiger partial charge in [0.1, 0.15) is 5.82 Å². The van der Waals surface area contributed by atoms with Crippen LogP contribution in [0.3, 0.4) is 0 Å². The molecule has 3 aromatic carbocycles. The van der Waals surface area contributed by atoms with Crippen molar-refractivity contribution in [1.82, 2.24) is 20.5 Å². The molecule has 4 aromatic rings. The maximum absolute atomic E-state index is 13.7. The van der Waals surface area contributed by atoms with Crippen molar-refractivity contribution in [1.29, 1.82) is 0 Å². The maximum Gasteiger partial charge on any atom is 0.257 e. The smallest absolute Gasteiger partial charge is 0.257 e. The molecule has 1 aromatic heterocycles. The highest BCUT2D eigenvalue weighted by Crippen LogP contribution is 2.35. The lowest BCUT2D eigenvalue weighted by molar-refractivity contribution is -0.124. The van der Waals surface area contributed by atoms with Crippen LogP contribution in [0.25, 0.3) is 22.0 Å². The highest BCUT2D eigenvalue weighted by Gasteiger charge is 2.48. The van der Waals surface area contributed by atoms with Crippen LogP contribution in [-0.4, -0.2) is 33.3 Å². The summed E-state index contributed by atoms with van der Waals surface area (Å²) in [7, 11) is 0. The van der Waals surface area contributed by atoms with Crippen LogP contribution in [0.2, 0.25) is 0 Å². The Hall–Kier alpha value is -4.72. The average molecular weight is 480 g/mol. The van der Waals surface area contributed by atoms with Gasteiger partial charge in [0.05, 0.1) is 17.9 Å². The van der Waals surface area contributed by atoms with E-state index in [9.17, 15) is 19.1 Å². The van der Waals surface area contributed by atoms with Gasteiger partial charge in [-0.15, -0.1) is 0 Å². The van der Waals surface area contributed by atoms with Gasteiger partial charge in [0.15, 0.2) is 5.54 Å². The molecule has 3 heterocycles. The lowest BCUT2D eigenvalue weighted by atomic mass is 9.87. The molecule has 36 heavy (non-hydrogen) atoms. The van der Waals surface area contributed by atoms with E-state index >= 15 is 0 Å². The molecule has 0 spiro atoms. The van der Waals surface area contributed by atoms with Gasteiger partial charge in [-0.2, -0.15) is 0 Å². The van der Waals surface area contributed by atoms with Gasteiger partial charge in [-0.05, 0) is 40.5 Å². The van der Waals surface area contributed by atoms with Gasteiger partial charge >= 0.3 is 0 Å². The standard InChI is InChI=1S/C28H21FN4O3/c1-16-30-27(36)28(32-16,15-33-14-18-8-11-20(29)12-23(18)26(33)35)19-9-6-17(7-10-19)22-13-25(34)31-24-5-3-2-4-21(22)24/h2-13,32H,1,14-15H2,(H,30,36)(H,31,34)/t28-/m0/s1. The van der Waals surface area contributed by atoms with Gasteiger partial charge in [-0.3, -0.25) is 9.59 Å². The highest BCUT2D eigenvalue weighted by atomic mass is 19.1. The van der Waals surface area contributed by atoms with Crippen LogP contribution in [0.15, 0.2) is 85.2 Å². The van der Waals surface area contributed by atoms with Crippen molar-refractivity contribution in [3.63, 3.8) is 0 Å². The summed E-state index contributed by atoms with van der Waals surface area (Å²) < 4.78 is 13.7. The van der Waals surface area contributed by atoms with Gasteiger partial charge in [0.25, 0.3) is 11.8 Å². The summed E-state index contributed by atoms with van der Waals surface area (Å²) in [6.07, 6.45) is 0. The molecule has 2 aliphatic heterocycles. The van der Waals surface area contributed by atoms with Crippen LogP contribution >= 0.6 is 0 Å². The summed E-state index contributed by atoms with van der Waals surface area (Å²) in [5.41, 5.74) is 2.70. The molecule has 0 radical (unpaired) electrons. The Labute approximate surface area is 205 Å². The Morgan fingerprint density at radius 1 is 1.03 bits per heavy atom. The molecule has 0 bridgehead atoms. The summed E-state index contributed by atoms with van der Waals surface area (Å²) in [5.74, 6) is -0.882. The van der Waals surface area contributed by atoms with E-state index in [0.717, 1.165) is 16.5 Å². The number of benzene rings is 3. The third kappa shape index (κ3) is 3.38. The fourth-order valence-corrected chi connectivity index (χ4v) is 5.08. The first-order valence-electron chi connectivity index (χ1n) is 11.4. The normalized spacial score (nSPS) is 18.9. The molecule has 0 aliphatic carbocycles. The molecular weight excluding hydrogens is 459 g/mol. The number of nitrogens with zero attached hydrogens (tertiary/aromatic N) is 2. The molecule has 0 unspecified atom stereocenters. The number of aromatic hydroxyl groups is 1. The van der Waals surface area contributed by atoms with E-state index in [2.05, 4.69) is 22.2 Å². The Morgan fingerprint density at radius 2 is 1.81 bits per heavy atom. The number of carbonyl (C=O) groups excluding carboxylic acids is 2.